The normalized spacial score (nSPS) is 10.5. The fraction of sp³-hybridized carbons (Fsp3) is 0.364. The Labute approximate surface area is 98.6 Å². The minimum atomic E-state index is -0.394. The Balaban J connectivity index is 2.20. The van der Waals surface area contributed by atoms with Gasteiger partial charge in [0.05, 0.1) is 18.5 Å². The topological polar surface area (TPSA) is 72.8 Å². The van der Waals surface area contributed by atoms with Gasteiger partial charge in [0.1, 0.15) is 5.69 Å². The fourth-order valence-electron chi connectivity index (χ4n) is 1.45. The maximum atomic E-state index is 11.4. The summed E-state index contributed by atoms with van der Waals surface area (Å²) in [5, 5.41) is 10.9. The van der Waals surface area contributed by atoms with Gasteiger partial charge in [0.15, 0.2) is 0 Å². The molecule has 2 aromatic rings. The van der Waals surface area contributed by atoms with Crippen molar-refractivity contribution < 1.29 is 9.53 Å². The standard InChI is InChI=1S/C11H14N4O2/c1-3-15-7-8(6-12-15)9-5-10(14-13-9)11(16)17-4-2/h5-7H,3-4H2,1-2H3,(H,13,14). The zero-order valence-corrected chi connectivity index (χ0v) is 9.80. The van der Waals surface area contributed by atoms with Crippen molar-refractivity contribution in [1.29, 1.82) is 0 Å². The van der Waals surface area contributed by atoms with Crippen molar-refractivity contribution in [2.24, 2.45) is 0 Å². The lowest BCUT2D eigenvalue weighted by atomic mass is 10.2. The highest BCUT2D eigenvalue weighted by molar-refractivity contribution is 5.88. The van der Waals surface area contributed by atoms with E-state index >= 15 is 0 Å². The van der Waals surface area contributed by atoms with Gasteiger partial charge in [0.25, 0.3) is 0 Å². The summed E-state index contributed by atoms with van der Waals surface area (Å²) < 4.78 is 6.67. The molecule has 1 N–H and O–H groups in total. The van der Waals surface area contributed by atoms with Gasteiger partial charge in [-0.1, -0.05) is 0 Å². The number of aromatic amines is 1. The minimum Gasteiger partial charge on any atom is -0.461 e. The summed E-state index contributed by atoms with van der Waals surface area (Å²) in [4.78, 5) is 11.4. The second kappa shape index (κ2) is 4.82. The molecule has 0 bridgehead atoms. The van der Waals surface area contributed by atoms with Crippen LogP contribution in [0.4, 0.5) is 0 Å². The molecule has 0 aliphatic carbocycles. The van der Waals surface area contributed by atoms with Crippen LogP contribution in [-0.4, -0.2) is 32.6 Å². The first-order valence-corrected chi connectivity index (χ1v) is 5.50. The van der Waals surface area contributed by atoms with Gasteiger partial charge in [-0.15, -0.1) is 0 Å². The third-order valence-corrected chi connectivity index (χ3v) is 2.33. The lowest BCUT2D eigenvalue weighted by Gasteiger charge is -1.95. The Hall–Kier alpha value is -2.11. The van der Waals surface area contributed by atoms with Crippen LogP contribution in [0.1, 0.15) is 24.3 Å². The van der Waals surface area contributed by atoms with E-state index in [4.69, 9.17) is 4.74 Å². The second-order valence-electron chi connectivity index (χ2n) is 3.47. The van der Waals surface area contributed by atoms with E-state index in [-0.39, 0.29) is 0 Å². The van der Waals surface area contributed by atoms with Gasteiger partial charge in [-0.2, -0.15) is 10.2 Å². The van der Waals surface area contributed by atoms with Crippen LogP contribution in [0.2, 0.25) is 0 Å². The lowest BCUT2D eigenvalue weighted by molar-refractivity contribution is 0.0519. The first kappa shape index (κ1) is 11.4. The van der Waals surface area contributed by atoms with Crippen molar-refractivity contribution in [1.82, 2.24) is 20.0 Å². The molecule has 0 amide bonds. The fourth-order valence-corrected chi connectivity index (χ4v) is 1.45. The van der Waals surface area contributed by atoms with Gasteiger partial charge in [-0.3, -0.25) is 9.78 Å². The van der Waals surface area contributed by atoms with Crippen molar-refractivity contribution in [3.05, 3.63) is 24.2 Å². The third-order valence-electron chi connectivity index (χ3n) is 2.33. The monoisotopic (exact) mass is 234 g/mol. The maximum Gasteiger partial charge on any atom is 0.356 e. The Kier molecular flexibility index (Phi) is 3.22. The number of hydrogen-bond acceptors (Lipinski definition) is 4. The Morgan fingerprint density at radius 2 is 2.35 bits per heavy atom. The molecule has 0 saturated carbocycles. The number of carbonyl (C=O) groups is 1. The van der Waals surface area contributed by atoms with E-state index in [0.717, 1.165) is 12.1 Å². The quantitative estimate of drug-likeness (QED) is 0.813. The highest BCUT2D eigenvalue weighted by atomic mass is 16.5. The number of ether oxygens (including phenoxy) is 1. The van der Waals surface area contributed by atoms with E-state index in [0.29, 0.717) is 18.0 Å². The summed E-state index contributed by atoms with van der Waals surface area (Å²) in [5.41, 5.74) is 1.91. The first-order chi connectivity index (χ1) is 8.24. The number of nitrogens with zero attached hydrogens (tertiary/aromatic N) is 3. The molecule has 6 nitrogen and oxygen atoms in total. The molecule has 0 unspecified atom stereocenters. The largest absolute Gasteiger partial charge is 0.461 e. The number of hydrogen-bond donors (Lipinski definition) is 1. The summed E-state index contributed by atoms with van der Waals surface area (Å²) >= 11 is 0. The number of nitrogens with one attached hydrogen (secondary N) is 1. The summed E-state index contributed by atoms with van der Waals surface area (Å²) in [5.74, 6) is -0.394. The second-order valence-corrected chi connectivity index (χ2v) is 3.47. The van der Waals surface area contributed by atoms with E-state index in [1.54, 1.807) is 23.9 Å². The van der Waals surface area contributed by atoms with Crippen LogP contribution in [0.3, 0.4) is 0 Å². The van der Waals surface area contributed by atoms with Gasteiger partial charge in [0, 0.05) is 18.3 Å². The van der Waals surface area contributed by atoms with Crippen LogP contribution in [0.5, 0.6) is 0 Å². The molecule has 0 aromatic carbocycles. The molecule has 2 heterocycles. The average Bonchev–Trinajstić information content (AvgIpc) is 2.98. The predicted octanol–water partition coefficient (Wildman–Crippen LogP) is 1.47. The minimum absolute atomic E-state index is 0.348. The zero-order valence-electron chi connectivity index (χ0n) is 9.80. The van der Waals surface area contributed by atoms with Crippen LogP contribution in [0, 0.1) is 0 Å². The zero-order chi connectivity index (χ0) is 12.3. The van der Waals surface area contributed by atoms with E-state index in [1.165, 1.54) is 0 Å². The highest BCUT2D eigenvalue weighted by Gasteiger charge is 2.12. The summed E-state index contributed by atoms with van der Waals surface area (Å²) in [6.07, 6.45) is 3.60. The third kappa shape index (κ3) is 2.35. The molecule has 0 fully saturated rings. The van der Waals surface area contributed by atoms with Crippen LogP contribution in [-0.2, 0) is 11.3 Å². The molecular formula is C11H14N4O2. The molecular weight excluding hydrogens is 220 g/mol. The first-order valence-electron chi connectivity index (χ1n) is 5.50. The van der Waals surface area contributed by atoms with E-state index < -0.39 is 5.97 Å². The highest BCUT2D eigenvalue weighted by Crippen LogP contribution is 2.16. The molecule has 0 aliphatic rings. The summed E-state index contributed by atoms with van der Waals surface area (Å²) in [6.45, 7) is 4.92. The van der Waals surface area contributed by atoms with E-state index in [1.807, 2.05) is 13.1 Å². The van der Waals surface area contributed by atoms with Crippen LogP contribution in [0.15, 0.2) is 18.5 Å². The smallest absolute Gasteiger partial charge is 0.356 e. The Morgan fingerprint density at radius 1 is 1.53 bits per heavy atom. The number of esters is 1. The van der Waals surface area contributed by atoms with Crippen LogP contribution in [0.25, 0.3) is 11.3 Å². The van der Waals surface area contributed by atoms with Crippen molar-refractivity contribution in [2.75, 3.05) is 6.61 Å². The molecule has 17 heavy (non-hydrogen) atoms. The molecule has 0 radical (unpaired) electrons. The molecule has 2 aromatic heterocycles. The number of H-pyrrole nitrogens is 1. The number of aryl methyl sites for hydroxylation is 1. The van der Waals surface area contributed by atoms with Crippen LogP contribution < -0.4 is 0 Å². The molecule has 90 valence electrons. The van der Waals surface area contributed by atoms with Gasteiger partial charge in [0.2, 0.25) is 0 Å². The molecule has 0 spiro atoms. The van der Waals surface area contributed by atoms with Gasteiger partial charge in [-0.25, -0.2) is 4.79 Å². The SMILES string of the molecule is CCOC(=O)c1cc(-c2cnn(CC)c2)n[nH]1. The van der Waals surface area contributed by atoms with E-state index in [9.17, 15) is 4.79 Å². The Morgan fingerprint density at radius 3 is 3.00 bits per heavy atom. The van der Waals surface area contributed by atoms with Crippen LogP contribution >= 0.6 is 0 Å². The Bertz CT molecular complexity index is 515. The molecule has 2 rings (SSSR count). The maximum absolute atomic E-state index is 11.4. The van der Waals surface area contributed by atoms with Crippen molar-refractivity contribution in [3.8, 4) is 11.3 Å². The summed E-state index contributed by atoms with van der Waals surface area (Å²) in [7, 11) is 0. The predicted molar refractivity (Wildman–Crippen MR) is 61.4 cm³/mol. The van der Waals surface area contributed by atoms with E-state index in [2.05, 4.69) is 15.3 Å². The van der Waals surface area contributed by atoms with Gasteiger partial charge in [-0.05, 0) is 19.9 Å². The average molecular weight is 234 g/mol. The van der Waals surface area contributed by atoms with Crippen molar-refractivity contribution >= 4 is 5.97 Å². The number of rotatable bonds is 4. The number of carbonyl (C=O) groups excluding carboxylic acids is 1. The molecule has 0 saturated heterocycles. The van der Waals surface area contributed by atoms with Gasteiger partial charge >= 0.3 is 5.97 Å². The lowest BCUT2D eigenvalue weighted by Crippen LogP contribution is -2.04. The van der Waals surface area contributed by atoms with Crippen molar-refractivity contribution in [2.45, 2.75) is 20.4 Å². The molecule has 0 aliphatic heterocycles. The molecule has 0 atom stereocenters. The summed E-state index contributed by atoms with van der Waals surface area (Å²) in [6, 6.07) is 1.66. The van der Waals surface area contributed by atoms with Gasteiger partial charge < -0.3 is 4.74 Å². The number of aromatic nitrogens is 4. The molecule has 6 heteroatoms. The van der Waals surface area contributed by atoms with Crippen molar-refractivity contribution in [3.63, 3.8) is 0 Å².